The minimum absolute atomic E-state index is 0.00874. The maximum absolute atomic E-state index is 12.2. The van der Waals surface area contributed by atoms with E-state index in [2.05, 4.69) is 15.6 Å². The lowest BCUT2D eigenvalue weighted by molar-refractivity contribution is -0.122. The van der Waals surface area contributed by atoms with Gasteiger partial charge in [0.25, 0.3) is 0 Å². The summed E-state index contributed by atoms with van der Waals surface area (Å²) in [4.78, 5) is 23.0. The lowest BCUT2D eigenvalue weighted by atomic mass is 10.0. The summed E-state index contributed by atoms with van der Waals surface area (Å²) in [5, 5.41) is 19.0. The number of nitrogens with zero attached hydrogens (tertiary/aromatic N) is 3. The summed E-state index contributed by atoms with van der Waals surface area (Å²) in [6, 6.07) is 8.14. The fourth-order valence-electron chi connectivity index (χ4n) is 2.52. The first-order valence-electron chi connectivity index (χ1n) is 7.52. The number of hydrogen-bond donors (Lipinski definition) is 2. The van der Waals surface area contributed by atoms with Gasteiger partial charge in [-0.05, 0) is 31.2 Å². The fourth-order valence-corrected chi connectivity index (χ4v) is 2.52. The zero-order valence-electron chi connectivity index (χ0n) is 12.8. The van der Waals surface area contributed by atoms with Crippen LogP contribution in [0.2, 0.25) is 0 Å². The van der Waals surface area contributed by atoms with Crippen molar-refractivity contribution >= 4 is 11.9 Å². The predicted octanol–water partition coefficient (Wildman–Crippen LogP) is 1.55. The molecule has 1 aromatic carbocycles. The van der Waals surface area contributed by atoms with Crippen molar-refractivity contribution in [3.8, 4) is 0 Å². The Morgan fingerprint density at radius 3 is 2.61 bits per heavy atom. The molecule has 1 heterocycles. The molecule has 2 N–H and O–H groups in total. The summed E-state index contributed by atoms with van der Waals surface area (Å²) >= 11 is 0. The molecule has 7 heteroatoms. The molecular formula is C16H18N4O3. The molecule has 120 valence electrons. The molecule has 1 atom stereocenters. The van der Waals surface area contributed by atoms with E-state index in [0.717, 1.165) is 18.4 Å². The van der Waals surface area contributed by atoms with Gasteiger partial charge in [0.1, 0.15) is 6.54 Å². The first kappa shape index (κ1) is 15.2. The number of carboxylic acids is 1. The molecule has 1 saturated carbocycles. The molecule has 7 nitrogen and oxygen atoms in total. The van der Waals surface area contributed by atoms with Crippen LogP contribution in [0.4, 0.5) is 0 Å². The van der Waals surface area contributed by atoms with Crippen LogP contribution in [-0.4, -0.2) is 32.0 Å². The van der Waals surface area contributed by atoms with Crippen LogP contribution in [0.5, 0.6) is 0 Å². The highest BCUT2D eigenvalue weighted by molar-refractivity contribution is 5.84. The highest BCUT2D eigenvalue weighted by atomic mass is 16.4. The van der Waals surface area contributed by atoms with Gasteiger partial charge in [0.05, 0.1) is 12.2 Å². The number of aryl methyl sites for hydroxylation is 1. The van der Waals surface area contributed by atoms with Crippen LogP contribution in [0.3, 0.4) is 0 Å². The van der Waals surface area contributed by atoms with E-state index in [1.54, 1.807) is 0 Å². The molecule has 1 aromatic heterocycles. The second kappa shape index (κ2) is 6.20. The van der Waals surface area contributed by atoms with Gasteiger partial charge >= 0.3 is 5.97 Å². The Balaban J connectivity index is 1.66. The van der Waals surface area contributed by atoms with Crippen molar-refractivity contribution in [2.75, 3.05) is 0 Å². The van der Waals surface area contributed by atoms with Crippen molar-refractivity contribution in [1.82, 2.24) is 20.3 Å². The van der Waals surface area contributed by atoms with Crippen molar-refractivity contribution in [2.24, 2.45) is 5.92 Å². The Labute approximate surface area is 133 Å². The molecule has 1 unspecified atom stereocenters. The van der Waals surface area contributed by atoms with Crippen molar-refractivity contribution in [3.05, 3.63) is 47.3 Å². The van der Waals surface area contributed by atoms with E-state index in [1.807, 2.05) is 31.2 Å². The summed E-state index contributed by atoms with van der Waals surface area (Å²) in [5.41, 5.74) is 2.10. The third kappa shape index (κ3) is 3.74. The van der Waals surface area contributed by atoms with Crippen LogP contribution in [0.15, 0.2) is 30.5 Å². The van der Waals surface area contributed by atoms with E-state index in [-0.39, 0.29) is 24.2 Å². The molecule has 1 fully saturated rings. The van der Waals surface area contributed by atoms with Crippen LogP contribution in [0.1, 0.15) is 40.5 Å². The second-order valence-corrected chi connectivity index (χ2v) is 5.90. The summed E-state index contributed by atoms with van der Waals surface area (Å²) < 4.78 is 1.23. The molecule has 0 radical (unpaired) electrons. The molecule has 2 aromatic rings. The van der Waals surface area contributed by atoms with Crippen LogP contribution in [0.25, 0.3) is 0 Å². The van der Waals surface area contributed by atoms with Crippen molar-refractivity contribution < 1.29 is 14.7 Å². The summed E-state index contributed by atoms with van der Waals surface area (Å²) in [7, 11) is 0. The standard InChI is InChI=1S/C16H18N4O3/c1-10-2-4-11(5-3-10)15(12-6-7-12)17-14(21)9-20-8-13(16(22)23)18-19-20/h2-5,8,12,15H,6-7,9H2,1H3,(H,17,21)(H,22,23). The number of benzene rings is 1. The summed E-state index contributed by atoms with van der Waals surface area (Å²) in [6.07, 6.45) is 3.45. The second-order valence-electron chi connectivity index (χ2n) is 5.90. The zero-order valence-corrected chi connectivity index (χ0v) is 12.8. The molecule has 0 spiro atoms. The number of rotatable bonds is 6. The molecular weight excluding hydrogens is 296 g/mol. The molecule has 3 rings (SSSR count). The van der Waals surface area contributed by atoms with Gasteiger partial charge in [0, 0.05) is 0 Å². The highest BCUT2D eigenvalue weighted by Gasteiger charge is 2.33. The summed E-state index contributed by atoms with van der Waals surface area (Å²) in [5.74, 6) is -0.900. The SMILES string of the molecule is Cc1ccc(C(NC(=O)Cn2cc(C(=O)O)nn2)C2CC2)cc1. The lowest BCUT2D eigenvalue weighted by Gasteiger charge is -2.19. The van der Waals surface area contributed by atoms with Gasteiger partial charge < -0.3 is 10.4 Å². The third-order valence-corrected chi connectivity index (χ3v) is 3.91. The minimum Gasteiger partial charge on any atom is -0.476 e. The van der Waals surface area contributed by atoms with Gasteiger partial charge in [-0.3, -0.25) is 4.79 Å². The Kier molecular flexibility index (Phi) is 4.10. The van der Waals surface area contributed by atoms with Crippen molar-refractivity contribution in [1.29, 1.82) is 0 Å². The Morgan fingerprint density at radius 1 is 1.35 bits per heavy atom. The molecule has 0 aliphatic heterocycles. The predicted molar refractivity (Wildman–Crippen MR) is 81.8 cm³/mol. The Morgan fingerprint density at radius 2 is 2.04 bits per heavy atom. The molecule has 1 amide bonds. The minimum atomic E-state index is -1.16. The number of hydrogen-bond acceptors (Lipinski definition) is 4. The van der Waals surface area contributed by atoms with Crippen LogP contribution in [0, 0.1) is 12.8 Å². The van der Waals surface area contributed by atoms with E-state index in [1.165, 1.54) is 16.4 Å². The maximum atomic E-state index is 12.2. The topological polar surface area (TPSA) is 97.1 Å². The van der Waals surface area contributed by atoms with E-state index >= 15 is 0 Å². The van der Waals surface area contributed by atoms with Crippen molar-refractivity contribution in [2.45, 2.75) is 32.4 Å². The van der Waals surface area contributed by atoms with Crippen molar-refractivity contribution in [3.63, 3.8) is 0 Å². The monoisotopic (exact) mass is 314 g/mol. The quantitative estimate of drug-likeness (QED) is 0.843. The van der Waals surface area contributed by atoms with E-state index in [4.69, 9.17) is 5.11 Å². The van der Waals surface area contributed by atoms with Gasteiger partial charge in [-0.2, -0.15) is 0 Å². The number of aromatic carboxylic acids is 1. The normalized spacial score (nSPS) is 15.2. The lowest BCUT2D eigenvalue weighted by Crippen LogP contribution is -2.32. The van der Waals surface area contributed by atoms with E-state index < -0.39 is 5.97 Å². The number of carbonyl (C=O) groups is 2. The Bertz CT molecular complexity index is 719. The molecule has 23 heavy (non-hydrogen) atoms. The number of nitrogens with one attached hydrogen (secondary N) is 1. The molecule has 1 aliphatic rings. The average molecular weight is 314 g/mol. The van der Waals surface area contributed by atoms with Crippen LogP contribution in [-0.2, 0) is 11.3 Å². The molecule has 1 aliphatic carbocycles. The fraction of sp³-hybridized carbons (Fsp3) is 0.375. The molecule has 0 saturated heterocycles. The van der Waals surface area contributed by atoms with Gasteiger partial charge in [0.2, 0.25) is 5.91 Å². The van der Waals surface area contributed by atoms with Crippen LogP contribution >= 0.6 is 0 Å². The summed E-state index contributed by atoms with van der Waals surface area (Å²) in [6.45, 7) is 1.98. The average Bonchev–Trinajstić information content (AvgIpc) is 3.25. The Hall–Kier alpha value is -2.70. The highest BCUT2D eigenvalue weighted by Crippen LogP contribution is 2.41. The van der Waals surface area contributed by atoms with Gasteiger partial charge in [-0.15, -0.1) is 5.10 Å². The largest absolute Gasteiger partial charge is 0.476 e. The van der Waals surface area contributed by atoms with Gasteiger partial charge in [-0.1, -0.05) is 35.0 Å². The van der Waals surface area contributed by atoms with Gasteiger partial charge in [0.15, 0.2) is 5.69 Å². The first-order valence-corrected chi connectivity index (χ1v) is 7.52. The molecule has 0 bridgehead atoms. The zero-order chi connectivity index (χ0) is 16.4. The van der Waals surface area contributed by atoms with E-state index in [9.17, 15) is 9.59 Å². The number of amides is 1. The number of carboxylic acid groups (broad SMARTS) is 1. The van der Waals surface area contributed by atoms with Gasteiger partial charge in [-0.25, -0.2) is 9.48 Å². The first-order chi connectivity index (χ1) is 11.0. The third-order valence-electron chi connectivity index (χ3n) is 3.91. The number of carbonyl (C=O) groups excluding carboxylic acids is 1. The van der Waals surface area contributed by atoms with Crippen LogP contribution < -0.4 is 5.32 Å². The smallest absolute Gasteiger partial charge is 0.358 e. The maximum Gasteiger partial charge on any atom is 0.358 e. The number of aromatic nitrogens is 3. The van der Waals surface area contributed by atoms with E-state index in [0.29, 0.717) is 5.92 Å².